The number of carboxylic acid groups (broad SMARTS) is 1. The minimum absolute atomic E-state index is 0.333. The molecule has 0 atom stereocenters. The van der Waals surface area contributed by atoms with E-state index >= 15 is 0 Å². The van der Waals surface area contributed by atoms with Crippen molar-refractivity contribution < 1.29 is 14.6 Å². The van der Waals surface area contributed by atoms with E-state index in [1.807, 2.05) is 30.3 Å². The second-order valence-corrected chi connectivity index (χ2v) is 4.47. The van der Waals surface area contributed by atoms with Crippen molar-refractivity contribution in [3.8, 4) is 0 Å². The van der Waals surface area contributed by atoms with Crippen molar-refractivity contribution in [2.24, 2.45) is 0 Å². The lowest BCUT2D eigenvalue weighted by Crippen LogP contribution is -2.00. The van der Waals surface area contributed by atoms with E-state index in [9.17, 15) is 4.79 Å². The summed E-state index contributed by atoms with van der Waals surface area (Å²) in [5.74, 6) is -0.890. The molecule has 0 aliphatic carbocycles. The number of carbonyl (C=O) groups is 1. The zero-order valence-corrected chi connectivity index (χ0v) is 9.94. The van der Waals surface area contributed by atoms with Gasteiger partial charge in [-0.25, -0.2) is 4.79 Å². The van der Waals surface area contributed by atoms with Gasteiger partial charge in [-0.1, -0.05) is 30.3 Å². The molecule has 2 rings (SSSR count). The summed E-state index contributed by atoms with van der Waals surface area (Å²) in [6.45, 7) is 0.829. The number of hydrogen-bond donors (Lipinski definition) is 1. The Morgan fingerprint density at radius 2 is 1.94 bits per heavy atom. The first kappa shape index (κ1) is 11.8. The summed E-state index contributed by atoms with van der Waals surface area (Å²) in [6, 6.07) is 11.6. The molecule has 0 fully saturated rings. The Morgan fingerprint density at radius 3 is 2.65 bits per heavy atom. The van der Waals surface area contributed by atoms with Crippen molar-refractivity contribution in [2.75, 3.05) is 0 Å². The molecule has 1 aromatic carbocycles. The predicted molar refractivity (Wildman–Crippen MR) is 66.2 cm³/mol. The Kier molecular flexibility index (Phi) is 3.90. The summed E-state index contributed by atoms with van der Waals surface area (Å²) in [7, 11) is 0. The first-order chi connectivity index (χ1) is 8.27. The summed E-state index contributed by atoms with van der Waals surface area (Å²) in [5, 5.41) is 10.7. The van der Waals surface area contributed by atoms with E-state index in [0.29, 0.717) is 18.1 Å². The summed E-state index contributed by atoms with van der Waals surface area (Å²) in [5.41, 5.74) is 1.82. The van der Waals surface area contributed by atoms with Crippen molar-refractivity contribution in [1.82, 2.24) is 0 Å². The minimum atomic E-state index is -0.890. The molecule has 0 aliphatic rings. The summed E-state index contributed by atoms with van der Waals surface area (Å²) in [6.07, 6.45) is 0. The van der Waals surface area contributed by atoms with Gasteiger partial charge in [0.15, 0.2) is 0 Å². The SMILES string of the molecule is O=C(O)c1sccc1COCc1ccccc1. The van der Waals surface area contributed by atoms with Gasteiger partial charge in [0, 0.05) is 5.56 Å². The zero-order chi connectivity index (χ0) is 12.1. The van der Waals surface area contributed by atoms with E-state index in [-0.39, 0.29) is 0 Å². The molecule has 17 heavy (non-hydrogen) atoms. The Morgan fingerprint density at radius 1 is 1.18 bits per heavy atom. The van der Waals surface area contributed by atoms with Crippen molar-refractivity contribution >= 4 is 17.3 Å². The van der Waals surface area contributed by atoms with Crippen LogP contribution in [0.2, 0.25) is 0 Å². The van der Waals surface area contributed by atoms with Gasteiger partial charge in [-0.15, -0.1) is 11.3 Å². The molecular weight excluding hydrogens is 236 g/mol. The third-order valence-corrected chi connectivity index (χ3v) is 3.25. The van der Waals surface area contributed by atoms with Gasteiger partial charge in [-0.05, 0) is 17.0 Å². The fourth-order valence-electron chi connectivity index (χ4n) is 1.49. The number of benzene rings is 1. The van der Waals surface area contributed by atoms with Crippen LogP contribution in [-0.4, -0.2) is 11.1 Å². The first-order valence-electron chi connectivity index (χ1n) is 5.18. The molecule has 0 radical (unpaired) electrons. The molecule has 0 unspecified atom stereocenters. The molecule has 0 amide bonds. The quantitative estimate of drug-likeness (QED) is 0.884. The van der Waals surface area contributed by atoms with Crippen molar-refractivity contribution in [1.29, 1.82) is 0 Å². The van der Waals surface area contributed by atoms with Gasteiger partial charge < -0.3 is 9.84 Å². The highest BCUT2D eigenvalue weighted by Gasteiger charge is 2.11. The number of carboxylic acids is 1. The van der Waals surface area contributed by atoms with Gasteiger partial charge in [-0.3, -0.25) is 0 Å². The van der Waals surface area contributed by atoms with Crippen LogP contribution in [0.5, 0.6) is 0 Å². The Balaban J connectivity index is 1.90. The standard InChI is InChI=1S/C13H12O3S/c14-13(15)12-11(6-7-17-12)9-16-8-10-4-2-1-3-5-10/h1-7H,8-9H2,(H,14,15). The molecule has 88 valence electrons. The number of rotatable bonds is 5. The highest BCUT2D eigenvalue weighted by molar-refractivity contribution is 7.12. The largest absolute Gasteiger partial charge is 0.477 e. The zero-order valence-electron chi connectivity index (χ0n) is 9.13. The van der Waals surface area contributed by atoms with Crippen molar-refractivity contribution in [2.45, 2.75) is 13.2 Å². The normalized spacial score (nSPS) is 10.4. The lowest BCUT2D eigenvalue weighted by molar-refractivity contribution is 0.0690. The lowest BCUT2D eigenvalue weighted by Gasteiger charge is -2.03. The summed E-state index contributed by atoms with van der Waals surface area (Å²) in [4.78, 5) is 11.2. The van der Waals surface area contributed by atoms with Crippen LogP contribution in [0.25, 0.3) is 0 Å². The summed E-state index contributed by atoms with van der Waals surface area (Å²) >= 11 is 1.22. The molecular formula is C13H12O3S. The Bertz CT molecular complexity index is 490. The van der Waals surface area contributed by atoms with Crippen molar-refractivity contribution in [3.05, 3.63) is 57.8 Å². The number of aromatic carboxylic acids is 1. The Hall–Kier alpha value is -1.65. The second-order valence-electron chi connectivity index (χ2n) is 3.56. The van der Waals surface area contributed by atoms with Crippen LogP contribution in [0.15, 0.2) is 41.8 Å². The van der Waals surface area contributed by atoms with Gasteiger partial charge >= 0.3 is 5.97 Å². The fourth-order valence-corrected chi connectivity index (χ4v) is 2.24. The number of thiophene rings is 1. The van der Waals surface area contributed by atoms with Gasteiger partial charge in [0.1, 0.15) is 4.88 Å². The van der Waals surface area contributed by atoms with Gasteiger partial charge in [0.05, 0.1) is 13.2 Å². The molecule has 1 aromatic heterocycles. The lowest BCUT2D eigenvalue weighted by atomic mass is 10.2. The average molecular weight is 248 g/mol. The maximum Gasteiger partial charge on any atom is 0.346 e. The molecule has 0 bridgehead atoms. The topological polar surface area (TPSA) is 46.5 Å². The van der Waals surface area contributed by atoms with Crippen LogP contribution in [0, 0.1) is 0 Å². The van der Waals surface area contributed by atoms with Gasteiger partial charge in [-0.2, -0.15) is 0 Å². The third-order valence-electron chi connectivity index (χ3n) is 2.31. The van der Waals surface area contributed by atoms with E-state index in [2.05, 4.69) is 0 Å². The third kappa shape index (κ3) is 3.15. The molecule has 0 saturated carbocycles. The highest BCUT2D eigenvalue weighted by atomic mass is 32.1. The fraction of sp³-hybridized carbons (Fsp3) is 0.154. The minimum Gasteiger partial charge on any atom is -0.477 e. The summed E-state index contributed by atoms with van der Waals surface area (Å²) < 4.78 is 5.50. The molecule has 3 nitrogen and oxygen atoms in total. The molecule has 1 heterocycles. The van der Waals surface area contributed by atoms with Crippen LogP contribution in [0.3, 0.4) is 0 Å². The number of hydrogen-bond acceptors (Lipinski definition) is 3. The molecule has 0 aliphatic heterocycles. The van der Waals surface area contributed by atoms with E-state index in [0.717, 1.165) is 11.1 Å². The van der Waals surface area contributed by atoms with Crippen molar-refractivity contribution in [3.63, 3.8) is 0 Å². The van der Waals surface area contributed by atoms with Crippen LogP contribution in [-0.2, 0) is 18.0 Å². The van der Waals surface area contributed by atoms with Gasteiger partial charge in [0.25, 0.3) is 0 Å². The molecule has 0 spiro atoms. The predicted octanol–water partition coefficient (Wildman–Crippen LogP) is 3.16. The van der Waals surface area contributed by atoms with E-state index in [4.69, 9.17) is 9.84 Å². The van der Waals surface area contributed by atoms with Crippen LogP contribution in [0.1, 0.15) is 20.8 Å². The molecule has 0 saturated heterocycles. The van der Waals surface area contributed by atoms with E-state index < -0.39 is 5.97 Å². The van der Waals surface area contributed by atoms with Crippen LogP contribution < -0.4 is 0 Å². The highest BCUT2D eigenvalue weighted by Crippen LogP contribution is 2.18. The monoisotopic (exact) mass is 248 g/mol. The maximum atomic E-state index is 10.9. The molecule has 4 heteroatoms. The maximum absolute atomic E-state index is 10.9. The average Bonchev–Trinajstić information content (AvgIpc) is 2.79. The van der Waals surface area contributed by atoms with E-state index in [1.165, 1.54) is 11.3 Å². The Labute approximate surface area is 103 Å². The molecule has 1 N–H and O–H groups in total. The van der Waals surface area contributed by atoms with Crippen LogP contribution in [0.4, 0.5) is 0 Å². The first-order valence-corrected chi connectivity index (χ1v) is 6.06. The van der Waals surface area contributed by atoms with Gasteiger partial charge in [0.2, 0.25) is 0 Å². The number of ether oxygens (including phenoxy) is 1. The second kappa shape index (κ2) is 5.61. The molecule has 2 aromatic rings. The smallest absolute Gasteiger partial charge is 0.346 e. The van der Waals surface area contributed by atoms with Crippen LogP contribution >= 0.6 is 11.3 Å². The van der Waals surface area contributed by atoms with E-state index in [1.54, 1.807) is 11.4 Å².